The quantitative estimate of drug-likeness (QED) is 0.408. The van der Waals surface area contributed by atoms with Gasteiger partial charge in [-0.1, -0.05) is 30.3 Å². The maximum absolute atomic E-state index is 5.39. The van der Waals surface area contributed by atoms with Gasteiger partial charge >= 0.3 is 0 Å². The molecule has 0 fully saturated rings. The molecular weight excluding hydrogens is 400 g/mol. The first kappa shape index (κ1) is 18.3. The minimum atomic E-state index is 0.660. The zero-order chi connectivity index (χ0) is 21.5. The molecule has 4 aromatic heterocycles. The molecule has 0 aliphatic heterocycles. The molecule has 0 saturated heterocycles. The van der Waals surface area contributed by atoms with Gasteiger partial charge in [0.1, 0.15) is 11.3 Å². The van der Waals surface area contributed by atoms with Crippen LogP contribution in [-0.2, 0) is 0 Å². The van der Waals surface area contributed by atoms with E-state index in [2.05, 4.69) is 32.3 Å². The van der Waals surface area contributed by atoms with Crippen LogP contribution in [0.1, 0.15) is 0 Å². The fourth-order valence-electron chi connectivity index (χ4n) is 3.89. The highest BCUT2D eigenvalue weighted by Crippen LogP contribution is 2.32. The van der Waals surface area contributed by atoms with Gasteiger partial charge in [0.25, 0.3) is 0 Å². The number of para-hydroxylation sites is 1. The van der Waals surface area contributed by atoms with E-state index in [0.717, 1.165) is 50.3 Å². The van der Waals surface area contributed by atoms with E-state index in [9.17, 15) is 0 Å². The molecule has 2 N–H and O–H groups in total. The number of aromatic nitrogens is 6. The zero-order valence-corrected chi connectivity index (χ0v) is 17.2. The van der Waals surface area contributed by atoms with Crippen LogP contribution in [0.2, 0.25) is 0 Å². The Bertz CT molecular complexity index is 1570. The van der Waals surface area contributed by atoms with Crippen molar-refractivity contribution in [1.82, 2.24) is 30.1 Å². The van der Waals surface area contributed by atoms with Gasteiger partial charge in [0.05, 0.1) is 35.0 Å². The number of ether oxygens (including phenoxy) is 1. The fourth-order valence-corrected chi connectivity index (χ4v) is 3.89. The molecule has 6 rings (SSSR count). The fraction of sp³-hybridized carbons (Fsp3) is 0.0400. The van der Waals surface area contributed by atoms with E-state index in [0.29, 0.717) is 11.5 Å². The Morgan fingerprint density at radius 1 is 0.781 bits per heavy atom. The summed E-state index contributed by atoms with van der Waals surface area (Å²) in [4.78, 5) is 17.5. The number of aromatic amines is 2. The van der Waals surface area contributed by atoms with E-state index in [4.69, 9.17) is 14.7 Å². The molecule has 154 valence electrons. The highest BCUT2D eigenvalue weighted by molar-refractivity contribution is 5.96. The predicted octanol–water partition coefficient (Wildman–Crippen LogP) is 5.24. The van der Waals surface area contributed by atoms with E-state index in [1.54, 1.807) is 13.3 Å². The highest BCUT2D eigenvalue weighted by Gasteiger charge is 2.17. The molecule has 7 nitrogen and oxygen atoms in total. The first-order valence-corrected chi connectivity index (χ1v) is 10.2. The van der Waals surface area contributed by atoms with Crippen molar-refractivity contribution in [2.45, 2.75) is 0 Å². The second-order valence-corrected chi connectivity index (χ2v) is 7.40. The van der Waals surface area contributed by atoms with E-state index < -0.39 is 0 Å². The Hall–Kier alpha value is -4.52. The van der Waals surface area contributed by atoms with Gasteiger partial charge in [0, 0.05) is 11.8 Å². The first-order chi connectivity index (χ1) is 15.8. The molecule has 7 heteroatoms. The smallest absolute Gasteiger partial charge is 0.161 e. The molecule has 0 amide bonds. The number of fused-ring (bicyclic) bond motifs is 2. The minimum absolute atomic E-state index is 0.660. The van der Waals surface area contributed by atoms with Gasteiger partial charge in [0.15, 0.2) is 11.5 Å². The molecule has 6 aromatic rings. The summed E-state index contributed by atoms with van der Waals surface area (Å²) < 4.78 is 5.39. The topological polar surface area (TPSA) is 92.4 Å². The lowest BCUT2D eigenvalue weighted by Gasteiger charge is -2.05. The number of benzene rings is 2. The SMILES string of the molecule is COc1cccc(-c2cccc3[nH]c(-c4n[nH]c5ccc(-c6ccccn6)nc45)nc23)c1. The standard InChI is InChI=1S/C25H18N6O/c1-32-16-7-4-6-15(14-16)17-8-5-10-20-22(17)29-25(28-20)24-23-21(30-31-24)12-11-19(27-23)18-9-2-3-13-26-18/h2-14H,1H3,(H,28,29)(H,30,31). The number of hydrogen-bond acceptors (Lipinski definition) is 5. The van der Waals surface area contributed by atoms with Gasteiger partial charge in [-0.3, -0.25) is 10.1 Å². The maximum atomic E-state index is 5.39. The van der Waals surface area contributed by atoms with Crippen molar-refractivity contribution in [2.75, 3.05) is 7.11 Å². The lowest BCUT2D eigenvalue weighted by molar-refractivity contribution is 0.415. The highest BCUT2D eigenvalue weighted by atomic mass is 16.5. The molecule has 0 aliphatic rings. The number of H-pyrrole nitrogens is 2. The summed E-state index contributed by atoms with van der Waals surface area (Å²) in [6, 6.07) is 23.7. The van der Waals surface area contributed by atoms with Crippen molar-refractivity contribution in [3.05, 3.63) is 79.0 Å². The summed E-state index contributed by atoms with van der Waals surface area (Å²) in [5.74, 6) is 1.46. The van der Waals surface area contributed by atoms with E-state index >= 15 is 0 Å². The van der Waals surface area contributed by atoms with Crippen LogP contribution in [0.3, 0.4) is 0 Å². The number of nitrogens with one attached hydrogen (secondary N) is 2. The van der Waals surface area contributed by atoms with Gasteiger partial charge in [-0.15, -0.1) is 0 Å². The molecule has 0 bridgehead atoms. The third-order valence-electron chi connectivity index (χ3n) is 5.45. The van der Waals surface area contributed by atoms with E-state index in [-0.39, 0.29) is 0 Å². The van der Waals surface area contributed by atoms with Crippen LogP contribution in [0, 0.1) is 0 Å². The zero-order valence-electron chi connectivity index (χ0n) is 17.2. The Kier molecular flexibility index (Phi) is 4.18. The Morgan fingerprint density at radius 3 is 2.59 bits per heavy atom. The molecule has 0 spiro atoms. The van der Waals surface area contributed by atoms with Crippen LogP contribution in [0.15, 0.2) is 79.0 Å². The van der Waals surface area contributed by atoms with Crippen molar-refractivity contribution in [2.24, 2.45) is 0 Å². The number of methoxy groups -OCH3 is 1. The monoisotopic (exact) mass is 418 g/mol. The normalized spacial score (nSPS) is 11.3. The summed E-state index contributed by atoms with van der Waals surface area (Å²) in [7, 11) is 1.67. The number of nitrogens with zero attached hydrogens (tertiary/aromatic N) is 4. The van der Waals surface area contributed by atoms with Crippen LogP contribution >= 0.6 is 0 Å². The molecule has 0 atom stereocenters. The van der Waals surface area contributed by atoms with Gasteiger partial charge in [-0.2, -0.15) is 5.10 Å². The van der Waals surface area contributed by atoms with Crippen LogP contribution < -0.4 is 4.74 Å². The van der Waals surface area contributed by atoms with Gasteiger partial charge in [-0.25, -0.2) is 9.97 Å². The van der Waals surface area contributed by atoms with Crippen molar-refractivity contribution in [1.29, 1.82) is 0 Å². The number of imidazole rings is 1. The molecule has 0 radical (unpaired) electrons. The van der Waals surface area contributed by atoms with Crippen LogP contribution in [0.25, 0.3) is 56.1 Å². The second kappa shape index (κ2) is 7.31. The molecule has 0 unspecified atom stereocenters. The van der Waals surface area contributed by atoms with Crippen molar-refractivity contribution < 1.29 is 4.74 Å². The Balaban J connectivity index is 1.50. The largest absolute Gasteiger partial charge is 0.497 e. The van der Waals surface area contributed by atoms with Crippen LogP contribution in [0.4, 0.5) is 0 Å². The number of hydrogen-bond donors (Lipinski definition) is 2. The van der Waals surface area contributed by atoms with E-state index in [1.165, 1.54) is 0 Å². The van der Waals surface area contributed by atoms with Crippen molar-refractivity contribution >= 4 is 22.1 Å². The van der Waals surface area contributed by atoms with Gasteiger partial charge < -0.3 is 9.72 Å². The number of rotatable bonds is 4. The Labute approximate surface area is 183 Å². The van der Waals surface area contributed by atoms with Gasteiger partial charge in [0.2, 0.25) is 0 Å². The first-order valence-electron chi connectivity index (χ1n) is 10.2. The summed E-state index contributed by atoms with van der Waals surface area (Å²) >= 11 is 0. The molecule has 32 heavy (non-hydrogen) atoms. The lowest BCUT2D eigenvalue weighted by atomic mass is 10.0. The minimum Gasteiger partial charge on any atom is -0.497 e. The predicted molar refractivity (Wildman–Crippen MR) is 124 cm³/mol. The molecule has 0 saturated carbocycles. The van der Waals surface area contributed by atoms with Crippen LogP contribution in [0.5, 0.6) is 5.75 Å². The second-order valence-electron chi connectivity index (χ2n) is 7.40. The summed E-state index contributed by atoms with van der Waals surface area (Å²) in [6.07, 6.45) is 1.76. The molecular formula is C25H18N6O. The molecule has 2 aromatic carbocycles. The maximum Gasteiger partial charge on any atom is 0.161 e. The summed E-state index contributed by atoms with van der Waals surface area (Å²) in [5.41, 5.74) is 7.71. The third-order valence-corrected chi connectivity index (χ3v) is 5.45. The Morgan fingerprint density at radius 2 is 1.72 bits per heavy atom. The van der Waals surface area contributed by atoms with Crippen molar-refractivity contribution in [3.8, 4) is 39.8 Å². The third kappa shape index (κ3) is 2.99. The molecule has 0 aliphatic carbocycles. The summed E-state index contributed by atoms with van der Waals surface area (Å²) in [5, 5.41) is 7.57. The van der Waals surface area contributed by atoms with E-state index in [1.807, 2.05) is 60.7 Å². The average Bonchev–Trinajstić information content (AvgIpc) is 3.48. The molecule has 4 heterocycles. The average molecular weight is 418 g/mol. The van der Waals surface area contributed by atoms with Crippen LogP contribution in [-0.4, -0.2) is 37.2 Å². The van der Waals surface area contributed by atoms with Gasteiger partial charge in [-0.05, 0) is 48.0 Å². The summed E-state index contributed by atoms with van der Waals surface area (Å²) in [6.45, 7) is 0. The lowest BCUT2D eigenvalue weighted by Crippen LogP contribution is -1.88. The van der Waals surface area contributed by atoms with Crippen molar-refractivity contribution in [3.63, 3.8) is 0 Å². The number of pyridine rings is 2.